The van der Waals surface area contributed by atoms with Gasteiger partial charge in [-0.15, -0.1) is 0 Å². The van der Waals surface area contributed by atoms with Crippen LogP contribution in [-0.4, -0.2) is 11.7 Å². The molecule has 0 radical (unpaired) electrons. The number of hydrogen-bond donors (Lipinski definition) is 1. The number of aliphatic hydroxyl groups is 1. The van der Waals surface area contributed by atoms with Gasteiger partial charge in [0, 0.05) is 6.61 Å². The lowest BCUT2D eigenvalue weighted by atomic mass is 9.93. The summed E-state index contributed by atoms with van der Waals surface area (Å²) in [6, 6.07) is 20.7. The molecule has 17 heavy (non-hydrogen) atoms. The van der Waals surface area contributed by atoms with Gasteiger partial charge < -0.3 is 5.11 Å². The third kappa shape index (κ3) is 3.72. The zero-order valence-corrected chi connectivity index (χ0v) is 9.92. The Morgan fingerprint density at radius 1 is 0.706 bits per heavy atom. The highest BCUT2D eigenvalue weighted by Gasteiger charge is 2.09. The van der Waals surface area contributed by atoms with E-state index in [1.165, 1.54) is 11.1 Å². The van der Waals surface area contributed by atoms with Crippen molar-refractivity contribution in [3.63, 3.8) is 0 Å². The Morgan fingerprint density at radius 3 is 1.47 bits per heavy atom. The molecular weight excluding hydrogens is 208 g/mol. The van der Waals surface area contributed by atoms with E-state index >= 15 is 0 Å². The largest absolute Gasteiger partial charge is 0.396 e. The topological polar surface area (TPSA) is 20.2 Å². The molecule has 2 rings (SSSR count). The highest BCUT2D eigenvalue weighted by atomic mass is 16.3. The van der Waals surface area contributed by atoms with E-state index in [-0.39, 0.29) is 6.61 Å². The Balaban J connectivity index is 1.98. The Kier molecular flexibility index (Phi) is 4.34. The Morgan fingerprint density at radius 2 is 1.12 bits per heavy atom. The first-order valence-corrected chi connectivity index (χ1v) is 6.07. The Hall–Kier alpha value is -1.60. The van der Waals surface area contributed by atoms with Crippen LogP contribution in [0.3, 0.4) is 0 Å². The molecule has 2 aromatic carbocycles. The predicted molar refractivity (Wildman–Crippen MR) is 70.9 cm³/mol. The maximum atomic E-state index is 9.45. The van der Waals surface area contributed by atoms with E-state index in [1.807, 2.05) is 36.4 Å². The minimum Gasteiger partial charge on any atom is -0.396 e. The van der Waals surface area contributed by atoms with Crippen LogP contribution in [0.2, 0.25) is 0 Å². The van der Waals surface area contributed by atoms with E-state index in [9.17, 15) is 5.11 Å². The lowest BCUT2D eigenvalue weighted by Crippen LogP contribution is -2.12. The summed E-state index contributed by atoms with van der Waals surface area (Å²) in [5, 5.41) is 9.45. The van der Waals surface area contributed by atoms with Crippen molar-refractivity contribution < 1.29 is 5.11 Å². The molecule has 0 bridgehead atoms. The van der Waals surface area contributed by atoms with Gasteiger partial charge >= 0.3 is 0 Å². The SMILES string of the molecule is OCC(Cc1ccccc1)Cc1ccccc1. The molecule has 0 aliphatic heterocycles. The van der Waals surface area contributed by atoms with E-state index < -0.39 is 0 Å². The summed E-state index contributed by atoms with van der Waals surface area (Å²) < 4.78 is 0. The summed E-state index contributed by atoms with van der Waals surface area (Å²) in [5.41, 5.74) is 2.59. The molecule has 0 aliphatic carbocycles. The molecule has 0 saturated carbocycles. The van der Waals surface area contributed by atoms with Gasteiger partial charge in [-0.3, -0.25) is 0 Å². The summed E-state index contributed by atoms with van der Waals surface area (Å²) in [4.78, 5) is 0. The summed E-state index contributed by atoms with van der Waals surface area (Å²) in [6.07, 6.45) is 1.87. The molecule has 2 aromatic rings. The predicted octanol–water partition coefficient (Wildman–Crippen LogP) is 3.08. The molecule has 88 valence electrons. The summed E-state index contributed by atoms with van der Waals surface area (Å²) in [5.74, 6) is 0.305. The molecule has 0 saturated heterocycles. The summed E-state index contributed by atoms with van der Waals surface area (Å²) in [7, 11) is 0. The quantitative estimate of drug-likeness (QED) is 0.830. The van der Waals surface area contributed by atoms with E-state index in [0.717, 1.165) is 12.8 Å². The van der Waals surface area contributed by atoms with Gasteiger partial charge in [0.25, 0.3) is 0 Å². The molecule has 1 N–H and O–H groups in total. The molecule has 0 fully saturated rings. The van der Waals surface area contributed by atoms with Crippen molar-refractivity contribution in [1.29, 1.82) is 0 Å². The normalized spacial score (nSPS) is 10.7. The van der Waals surface area contributed by atoms with Crippen LogP contribution < -0.4 is 0 Å². The molecule has 0 spiro atoms. The Bertz CT molecular complexity index is 380. The van der Waals surface area contributed by atoms with Crippen molar-refractivity contribution in [2.24, 2.45) is 5.92 Å². The number of hydrogen-bond acceptors (Lipinski definition) is 1. The second-order valence-corrected chi connectivity index (χ2v) is 4.43. The van der Waals surface area contributed by atoms with Crippen LogP contribution in [0.5, 0.6) is 0 Å². The van der Waals surface area contributed by atoms with Crippen LogP contribution in [0, 0.1) is 5.92 Å². The van der Waals surface area contributed by atoms with E-state index in [0.29, 0.717) is 5.92 Å². The van der Waals surface area contributed by atoms with Gasteiger partial charge in [-0.05, 0) is 29.9 Å². The standard InChI is InChI=1S/C16H18O/c17-13-16(11-14-7-3-1-4-8-14)12-15-9-5-2-6-10-15/h1-10,16-17H,11-13H2. The minimum atomic E-state index is 0.240. The van der Waals surface area contributed by atoms with Gasteiger partial charge in [-0.2, -0.15) is 0 Å². The summed E-state index contributed by atoms with van der Waals surface area (Å²) >= 11 is 0. The second kappa shape index (κ2) is 6.21. The highest BCUT2D eigenvalue weighted by molar-refractivity contribution is 5.18. The van der Waals surface area contributed by atoms with Crippen LogP contribution in [-0.2, 0) is 12.8 Å². The summed E-state index contributed by atoms with van der Waals surface area (Å²) in [6.45, 7) is 0.240. The zero-order chi connectivity index (χ0) is 11.9. The van der Waals surface area contributed by atoms with E-state index in [2.05, 4.69) is 24.3 Å². The van der Waals surface area contributed by atoms with Crippen molar-refractivity contribution in [2.45, 2.75) is 12.8 Å². The molecule has 0 atom stereocenters. The van der Waals surface area contributed by atoms with Crippen molar-refractivity contribution in [1.82, 2.24) is 0 Å². The molecule has 0 aliphatic rings. The van der Waals surface area contributed by atoms with Gasteiger partial charge in [0.05, 0.1) is 0 Å². The first-order valence-electron chi connectivity index (χ1n) is 6.07. The molecule has 1 nitrogen and oxygen atoms in total. The molecule has 0 unspecified atom stereocenters. The van der Waals surface area contributed by atoms with Crippen molar-refractivity contribution in [3.8, 4) is 0 Å². The van der Waals surface area contributed by atoms with Crippen LogP contribution in [0.1, 0.15) is 11.1 Å². The third-order valence-electron chi connectivity index (χ3n) is 2.99. The van der Waals surface area contributed by atoms with Crippen LogP contribution in [0.15, 0.2) is 60.7 Å². The molecule has 0 aromatic heterocycles. The first kappa shape index (κ1) is 11.9. The van der Waals surface area contributed by atoms with Crippen molar-refractivity contribution in [2.75, 3.05) is 6.61 Å². The first-order chi connectivity index (χ1) is 8.38. The maximum absolute atomic E-state index is 9.45. The third-order valence-corrected chi connectivity index (χ3v) is 2.99. The molecule has 0 heterocycles. The van der Waals surface area contributed by atoms with Crippen molar-refractivity contribution in [3.05, 3.63) is 71.8 Å². The number of benzene rings is 2. The average molecular weight is 226 g/mol. The fourth-order valence-corrected chi connectivity index (χ4v) is 2.10. The number of aliphatic hydroxyl groups excluding tert-OH is 1. The lowest BCUT2D eigenvalue weighted by molar-refractivity contribution is 0.225. The lowest BCUT2D eigenvalue weighted by Gasteiger charge is -2.14. The molecule has 1 heteroatoms. The Labute approximate surface area is 103 Å². The monoisotopic (exact) mass is 226 g/mol. The van der Waals surface area contributed by atoms with Gasteiger partial charge in [0.1, 0.15) is 0 Å². The van der Waals surface area contributed by atoms with Gasteiger partial charge in [0.15, 0.2) is 0 Å². The van der Waals surface area contributed by atoms with Crippen LogP contribution in [0.4, 0.5) is 0 Å². The minimum absolute atomic E-state index is 0.240. The van der Waals surface area contributed by atoms with Gasteiger partial charge in [-0.25, -0.2) is 0 Å². The molecule has 0 amide bonds. The number of rotatable bonds is 5. The average Bonchev–Trinajstić information content (AvgIpc) is 2.40. The van der Waals surface area contributed by atoms with E-state index in [4.69, 9.17) is 0 Å². The molecular formula is C16H18O. The fourth-order valence-electron chi connectivity index (χ4n) is 2.10. The van der Waals surface area contributed by atoms with E-state index in [1.54, 1.807) is 0 Å². The fraction of sp³-hybridized carbons (Fsp3) is 0.250. The van der Waals surface area contributed by atoms with Gasteiger partial charge in [0.2, 0.25) is 0 Å². The highest BCUT2D eigenvalue weighted by Crippen LogP contribution is 2.14. The maximum Gasteiger partial charge on any atom is 0.0465 e. The van der Waals surface area contributed by atoms with Gasteiger partial charge in [-0.1, -0.05) is 60.7 Å². The van der Waals surface area contributed by atoms with Crippen LogP contribution >= 0.6 is 0 Å². The second-order valence-electron chi connectivity index (χ2n) is 4.43. The van der Waals surface area contributed by atoms with Crippen molar-refractivity contribution >= 4 is 0 Å². The smallest absolute Gasteiger partial charge is 0.0465 e. The van der Waals surface area contributed by atoms with Crippen LogP contribution in [0.25, 0.3) is 0 Å². The zero-order valence-electron chi connectivity index (χ0n) is 9.92.